The van der Waals surface area contributed by atoms with Gasteiger partial charge in [0.15, 0.2) is 0 Å². The maximum atomic E-state index is 11.6. The van der Waals surface area contributed by atoms with Gasteiger partial charge in [0.1, 0.15) is 5.78 Å². The van der Waals surface area contributed by atoms with E-state index in [0.717, 1.165) is 0 Å². The van der Waals surface area contributed by atoms with E-state index in [1.807, 2.05) is 0 Å². The SMILES string of the molecule is CC(N1CCN(CCP(=O)(O)O)CCN(CCP(=O)(O)O)CC1)P(=O)(O)O. The summed E-state index contributed by atoms with van der Waals surface area (Å²) in [7, 11) is -12.7. The van der Waals surface area contributed by atoms with Crippen LogP contribution in [0.5, 0.6) is 0 Å². The van der Waals surface area contributed by atoms with Gasteiger partial charge in [0.05, 0.1) is 12.3 Å². The third-order valence-corrected chi connectivity index (χ3v) is 7.43. The Balaban J connectivity index is 2.85. The molecule has 0 aromatic heterocycles. The summed E-state index contributed by atoms with van der Waals surface area (Å²) >= 11 is 0. The molecule has 0 spiro atoms. The van der Waals surface area contributed by atoms with Crippen LogP contribution in [0.15, 0.2) is 0 Å². The minimum Gasteiger partial charge on any atom is -0.324 e. The van der Waals surface area contributed by atoms with Gasteiger partial charge in [0.25, 0.3) is 0 Å². The molecule has 0 aromatic carbocycles. The maximum Gasteiger partial charge on any atom is 0.342 e. The highest BCUT2D eigenvalue weighted by atomic mass is 31.2. The highest BCUT2D eigenvalue weighted by Crippen LogP contribution is 2.42. The van der Waals surface area contributed by atoms with E-state index in [0.29, 0.717) is 39.3 Å². The van der Waals surface area contributed by atoms with Gasteiger partial charge in [-0.2, -0.15) is 0 Å². The van der Waals surface area contributed by atoms with Gasteiger partial charge >= 0.3 is 22.8 Å². The van der Waals surface area contributed by atoms with Gasteiger partial charge in [-0.25, -0.2) is 0 Å². The zero-order valence-electron chi connectivity index (χ0n) is 15.2. The van der Waals surface area contributed by atoms with Gasteiger partial charge in [0, 0.05) is 52.4 Å². The Morgan fingerprint density at radius 1 is 0.704 bits per heavy atom. The lowest BCUT2D eigenvalue weighted by Crippen LogP contribution is -2.41. The summed E-state index contributed by atoms with van der Waals surface area (Å²) in [5.74, 6) is -1.03. The van der Waals surface area contributed by atoms with Crippen molar-refractivity contribution in [3.63, 3.8) is 0 Å². The van der Waals surface area contributed by atoms with E-state index in [-0.39, 0.29) is 25.4 Å². The Kier molecular flexibility index (Phi) is 9.76. The monoisotopic (exact) mass is 453 g/mol. The highest BCUT2D eigenvalue weighted by molar-refractivity contribution is 7.52. The average molecular weight is 453 g/mol. The lowest BCUT2D eigenvalue weighted by atomic mass is 10.4. The third kappa shape index (κ3) is 11.2. The van der Waals surface area contributed by atoms with Crippen LogP contribution >= 0.6 is 22.8 Å². The molecule has 0 aliphatic carbocycles. The second-order valence-corrected chi connectivity index (χ2v) is 12.2. The molecule has 0 aromatic rings. The van der Waals surface area contributed by atoms with Crippen LogP contribution in [0.3, 0.4) is 0 Å². The zero-order chi connectivity index (χ0) is 20.9. The van der Waals surface area contributed by atoms with Crippen molar-refractivity contribution >= 4 is 22.8 Å². The maximum absolute atomic E-state index is 11.6. The minimum absolute atomic E-state index is 0.120. The van der Waals surface area contributed by atoms with Crippen LogP contribution < -0.4 is 0 Å². The summed E-state index contributed by atoms with van der Waals surface area (Å²) in [5, 5.41) is 0. The van der Waals surface area contributed by atoms with Gasteiger partial charge in [-0.3, -0.25) is 18.6 Å². The van der Waals surface area contributed by atoms with Gasteiger partial charge in [-0.15, -0.1) is 0 Å². The third-order valence-electron chi connectivity index (χ3n) is 4.57. The van der Waals surface area contributed by atoms with Crippen LogP contribution in [-0.2, 0) is 13.7 Å². The van der Waals surface area contributed by atoms with Gasteiger partial charge < -0.3 is 39.2 Å². The molecule has 1 atom stereocenters. The molecule has 15 heteroatoms. The molecule has 27 heavy (non-hydrogen) atoms. The lowest BCUT2D eigenvalue weighted by Gasteiger charge is -2.31. The first kappa shape index (κ1) is 25.4. The average Bonchev–Trinajstić information content (AvgIpc) is 2.58. The van der Waals surface area contributed by atoms with E-state index in [1.54, 1.807) is 14.7 Å². The fourth-order valence-corrected chi connectivity index (χ4v) is 4.48. The van der Waals surface area contributed by atoms with Crippen LogP contribution in [0.1, 0.15) is 6.92 Å². The van der Waals surface area contributed by atoms with E-state index in [2.05, 4.69) is 0 Å². The molecule has 1 rings (SSSR count). The van der Waals surface area contributed by atoms with E-state index in [1.165, 1.54) is 6.92 Å². The molecule has 1 heterocycles. The van der Waals surface area contributed by atoms with Crippen molar-refractivity contribution in [2.24, 2.45) is 0 Å². The van der Waals surface area contributed by atoms with Crippen molar-refractivity contribution in [2.75, 3.05) is 64.7 Å². The Morgan fingerprint density at radius 2 is 1.04 bits per heavy atom. The molecule has 162 valence electrons. The van der Waals surface area contributed by atoms with Crippen molar-refractivity contribution < 1.29 is 43.1 Å². The van der Waals surface area contributed by atoms with E-state index in [4.69, 9.17) is 19.6 Å². The summed E-state index contributed by atoms with van der Waals surface area (Å²) in [6.45, 7) is 3.87. The quantitative estimate of drug-likeness (QED) is 0.242. The van der Waals surface area contributed by atoms with Crippen molar-refractivity contribution in [3.05, 3.63) is 0 Å². The highest BCUT2D eigenvalue weighted by Gasteiger charge is 2.31. The van der Waals surface area contributed by atoms with E-state index < -0.39 is 28.6 Å². The molecule has 1 fully saturated rings. The molecule has 12 nitrogen and oxygen atoms in total. The fraction of sp³-hybridized carbons (Fsp3) is 1.00. The zero-order valence-corrected chi connectivity index (χ0v) is 17.9. The van der Waals surface area contributed by atoms with Crippen molar-refractivity contribution in [1.82, 2.24) is 14.7 Å². The van der Waals surface area contributed by atoms with Gasteiger partial charge in [0.2, 0.25) is 0 Å². The molecule has 0 bridgehead atoms. The first-order chi connectivity index (χ1) is 12.2. The van der Waals surface area contributed by atoms with Crippen LogP contribution in [0.2, 0.25) is 0 Å². The van der Waals surface area contributed by atoms with Crippen molar-refractivity contribution in [3.8, 4) is 0 Å². The van der Waals surface area contributed by atoms with Crippen LogP contribution in [0.4, 0.5) is 0 Å². The predicted molar refractivity (Wildman–Crippen MR) is 99.8 cm³/mol. The summed E-state index contributed by atoms with van der Waals surface area (Å²) in [5.41, 5.74) is 0. The van der Waals surface area contributed by atoms with Crippen LogP contribution in [-0.4, -0.2) is 115 Å². The normalized spacial score (nSPS) is 21.4. The molecule has 1 aliphatic heterocycles. The predicted octanol–water partition coefficient (Wildman–Crippen LogP) is -1.21. The molecule has 6 N–H and O–H groups in total. The molecule has 0 amide bonds. The Labute approximate surface area is 158 Å². The molecule has 1 saturated heterocycles. The molecular weight excluding hydrogens is 423 g/mol. The second kappa shape index (κ2) is 10.4. The fourth-order valence-electron chi connectivity index (χ4n) is 2.73. The van der Waals surface area contributed by atoms with Crippen molar-refractivity contribution in [2.45, 2.75) is 12.7 Å². The topological polar surface area (TPSA) is 182 Å². The number of hydrogen-bond acceptors (Lipinski definition) is 6. The number of nitrogens with zero attached hydrogens (tertiary/aromatic N) is 3. The lowest BCUT2D eigenvalue weighted by molar-refractivity contribution is 0.191. The summed E-state index contributed by atoms with van der Waals surface area (Å²) in [6.07, 6.45) is -0.660. The smallest absolute Gasteiger partial charge is 0.324 e. The minimum atomic E-state index is -4.36. The Bertz CT molecular complexity index is 566. The molecular formula is C12H30N3O9P3. The first-order valence-electron chi connectivity index (χ1n) is 8.50. The number of rotatable bonds is 8. The summed E-state index contributed by atoms with van der Waals surface area (Å²) < 4.78 is 33.9. The van der Waals surface area contributed by atoms with E-state index >= 15 is 0 Å². The standard InChI is InChI=1S/C12H30N3O9P3/c1-12(27(22,23)24)15-6-4-13(8-10-25(16,17)18)2-3-14(5-7-15)9-11-26(19,20)21/h12H,2-11H2,1H3,(H2,16,17,18)(H2,19,20,21)(H2,22,23,24). The van der Waals surface area contributed by atoms with Gasteiger partial charge in [-0.1, -0.05) is 0 Å². The second-order valence-electron chi connectivity index (χ2n) is 6.72. The Morgan fingerprint density at radius 3 is 1.33 bits per heavy atom. The van der Waals surface area contributed by atoms with Crippen molar-refractivity contribution in [1.29, 1.82) is 0 Å². The summed E-state index contributed by atoms with van der Waals surface area (Å²) in [4.78, 5) is 60.4. The molecule has 0 saturated carbocycles. The summed E-state index contributed by atoms with van der Waals surface area (Å²) in [6, 6.07) is 0. The van der Waals surface area contributed by atoms with Gasteiger partial charge in [-0.05, 0) is 6.92 Å². The molecule has 0 radical (unpaired) electrons. The molecule has 1 aliphatic rings. The molecule has 1 unspecified atom stereocenters. The first-order valence-corrected chi connectivity index (χ1v) is 13.8. The Hall–Kier alpha value is 0.330. The van der Waals surface area contributed by atoms with E-state index in [9.17, 15) is 23.5 Å². The largest absolute Gasteiger partial charge is 0.342 e. The van der Waals surface area contributed by atoms with Crippen LogP contribution in [0.25, 0.3) is 0 Å². The van der Waals surface area contributed by atoms with Crippen LogP contribution in [0, 0.1) is 0 Å². The number of hydrogen-bond donors (Lipinski definition) is 6.